The number of rotatable bonds is 6. The van der Waals surface area contributed by atoms with Gasteiger partial charge in [0.2, 0.25) is 0 Å². The van der Waals surface area contributed by atoms with Gasteiger partial charge in [-0.3, -0.25) is 4.79 Å². The third-order valence-electron chi connectivity index (χ3n) is 6.21. The molecule has 1 aromatic carbocycles. The minimum absolute atomic E-state index is 0.0126. The van der Waals surface area contributed by atoms with Crippen molar-refractivity contribution in [2.24, 2.45) is 0 Å². The van der Waals surface area contributed by atoms with Crippen LogP contribution in [0.4, 0.5) is 35.9 Å². The zero-order valence-electron chi connectivity index (χ0n) is 22.2. The predicted octanol–water partition coefficient (Wildman–Crippen LogP) is 6.31. The zero-order chi connectivity index (χ0) is 29.9. The smallest absolute Gasteiger partial charge is 0.416 e. The molecule has 1 aliphatic rings. The van der Waals surface area contributed by atoms with E-state index < -0.39 is 83.9 Å². The number of carbonyl (C=O) groups is 3. The lowest BCUT2D eigenvalue weighted by Crippen LogP contribution is -2.58. The summed E-state index contributed by atoms with van der Waals surface area (Å²) in [5.41, 5.74) is -4.41. The van der Waals surface area contributed by atoms with Crippen LogP contribution in [0.1, 0.15) is 70.1 Å². The molecule has 1 aromatic rings. The Kier molecular flexibility index (Phi) is 9.78. The fraction of sp³-hybridized carbons (Fsp3) is 0.640. The first-order chi connectivity index (χ1) is 17.8. The van der Waals surface area contributed by atoms with Crippen molar-refractivity contribution in [1.29, 1.82) is 0 Å². The van der Waals surface area contributed by atoms with Crippen LogP contribution in [0.5, 0.6) is 0 Å². The fourth-order valence-electron chi connectivity index (χ4n) is 4.63. The topological polar surface area (TPSA) is 96.4 Å². The van der Waals surface area contributed by atoms with E-state index in [4.69, 9.17) is 9.47 Å². The number of amides is 2. The highest BCUT2D eigenvalue weighted by molar-refractivity contribution is 5.73. The van der Waals surface area contributed by atoms with Crippen molar-refractivity contribution in [1.82, 2.24) is 9.80 Å². The summed E-state index contributed by atoms with van der Waals surface area (Å²) in [6.07, 6.45) is -12.2. The van der Waals surface area contributed by atoms with Crippen LogP contribution in [0.2, 0.25) is 0 Å². The molecule has 8 nitrogen and oxygen atoms in total. The first-order valence-corrected chi connectivity index (χ1v) is 12.1. The van der Waals surface area contributed by atoms with E-state index in [0.29, 0.717) is 18.6 Å². The van der Waals surface area contributed by atoms with Crippen molar-refractivity contribution in [3.63, 3.8) is 0 Å². The molecule has 1 saturated heterocycles. The van der Waals surface area contributed by atoms with Crippen molar-refractivity contribution >= 4 is 18.2 Å². The van der Waals surface area contributed by atoms with Gasteiger partial charge in [-0.15, -0.1) is 0 Å². The number of carboxylic acid groups (broad SMARTS) is 1. The zero-order valence-corrected chi connectivity index (χ0v) is 22.2. The first-order valence-electron chi connectivity index (χ1n) is 12.1. The first kappa shape index (κ1) is 32.0. The van der Waals surface area contributed by atoms with Gasteiger partial charge in [0.05, 0.1) is 24.7 Å². The summed E-state index contributed by atoms with van der Waals surface area (Å²) in [5.74, 6) is -1.25. The molecule has 39 heavy (non-hydrogen) atoms. The van der Waals surface area contributed by atoms with Crippen LogP contribution in [0.3, 0.4) is 0 Å². The third kappa shape index (κ3) is 8.65. The van der Waals surface area contributed by atoms with E-state index in [9.17, 15) is 45.8 Å². The Morgan fingerprint density at radius 1 is 0.974 bits per heavy atom. The molecule has 2 amide bonds. The molecule has 0 bridgehead atoms. The van der Waals surface area contributed by atoms with Crippen molar-refractivity contribution in [2.75, 3.05) is 7.11 Å². The molecule has 0 aromatic heterocycles. The molecule has 1 aliphatic heterocycles. The van der Waals surface area contributed by atoms with Crippen LogP contribution in [0.25, 0.3) is 0 Å². The number of piperidine rings is 1. The Morgan fingerprint density at radius 2 is 1.49 bits per heavy atom. The van der Waals surface area contributed by atoms with Crippen molar-refractivity contribution in [3.05, 3.63) is 34.9 Å². The number of carboxylic acids is 1. The Morgan fingerprint density at radius 3 is 1.90 bits per heavy atom. The lowest BCUT2D eigenvalue weighted by atomic mass is 9.87. The summed E-state index contributed by atoms with van der Waals surface area (Å²) in [6, 6.07) is -1.45. The molecule has 3 unspecified atom stereocenters. The van der Waals surface area contributed by atoms with E-state index in [1.54, 1.807) is 27.7 Å². The van der Waals surface area contributed by atoms with E-state index in [1.807, 2.05) is 0 Å². The molecule has 1 fully saturated rings. The molecular weight excluding hydrogens is 538 g/mol. The van der Waals surface area contributed by atoms with Crippen LogP contribution < -0.4 is 0 Å². The summed E-state index contributed by atoms with van der Waals surface area (Å²) >= 11 is 0. The maximum absolute atomic E-state index is 13.4. The number of nitrogens with zero attached hydrogens (tertiary/aromatic N) is 2. The SMILES string of the molecule is CCC1CC(N(Cc2cc(C(F)(F)F)cc(C(F)(F)F)c2)C(=O)OC)CC(CC(=O)O)N1C(=O)OC(C)(C)C. The van der Waals surface area contributed by atoms with Crippen molar-refractivity contribution in [2.45, 2.75) is 96.0 Å². The van der Waals surface area contributed by atoms with E-state index in [1.165, 1.54) is 4.90 Å². The summed E-state index contributed by atoms with van der Waals surface area (Å²) < 4.78 is 90.5. The lowest BCUT2D eigenvalue weighted by Gasteiger charge is -2.47. The number of aliphatic carboxylic acids is 1. The van der Waals surface area contributed by atoms with Gasteiger partial charge in [-0.25, -0.2) is 9.59 Å². The van der Waals surface area contributed by atoms with Crippen molar-refractivity contribution in [3.8, 4) is 0 Å². The Labute approximate surface area is 221 Å². The third-order valence-corrected chi connectivity index (χ3v) is 6.21. The second-order valence-electron chi connectivity index (χ2n) is 10.3. The van der Waals surface area contributed by atoms with Gasteiger partial charge in [-0.05, 0) is 63.8 Å². The largest absolute Gasteiger partial charge is 0.481 e. The molecule has 0 saturated carbocycles. The minimum Gasteiger partial charge on any atom is -0.481 e. The summed E-state index contributed by atoms with van der Waals surface area (Å²) in [6.45, 7) is 5.94. The minimum atomic E-state index is -5.08. The van der Waals surface area contributed by atoms with Gasteiger partial charge >= 0.3 is 30.5 Å². The van der Waals surface area contributed by atoms with E-state index in [2.05, 4.69) is 0 Å². The number of methoxy groups -OCH3 is 1. The monoisotopic (exact) mass is 570 g/mol. The molecule has 3 atom stereocenters. The van der Waals surface area contributed by atoms with E-state index in [-0.39, 0.29) is 18.9 Å². The Bertz CT molecular complexity index is 1020. The maximum atomic E-state index is 13.4. The normalized spacial score (nSPS) is 20.4. The van der Waals surface area contributed by atoms with Crippen LogP contribution in [-0.2, 0) is 33.2 Å². The molecular formula is C25H32F6N2O6. The molecule has 0 radical (unpaired) electrons. The predicted molar refractivity (Wildman–Crippen MR) is 126 cm³/mol. The van der Waals surface area contributed by atoms with Gasteiger partial charge in [0.15, 0.2) is 0 Å². The molecule has 2 rings (SSSR count). The second-order valence-corrected chi connectivity index (χ2v) is 10.3. The van der Waals surface area contributed by atoms with Gasteiger partial charge in [0.1, 0.15) is 5.60 Å². The molecule has 1 N–H and O–H groups in total. The molecule has 0 aliphatic carbocycles. The van der Waals surface area contributed by atoms with Crippen LogP contribution in [0.15, 0.2) is 18.2 Å². The molecule has 14 heteroatoms. The van der Waals surface area contributed by atoms with Gasteiger partial charge in [0.25, 0.3) is 0 Å². The quantitative estimate of drug-likeness (QED) is 0.403. The number of hydrogen-bond acceptors (Lipinski definition) is 5. The second kappa shape index (κ2) is 11.9. The van der Waals surface area contributed by atoms with Crippen LogP contribution >= 0.6 is 0 Å². The highest BCUT2D eigenvalue weighted by Gasteiger charge is 2.44. The Balaban J connectivity index is 2.51. The number of halogens is 6. The number of hydrogen-bond donors (Lipinski definition) is 1. The number of ether oxygens (including phenoxy) is 2. The summed E-state index contributed by atoms with van der Waals surface area (Å²) in [5, 5.41) is 9.49. The van der Waals surface area contributed by atoms with E-state index in [0.717, 1.165) is 12.0 Å². The average molecular weight is 571 g/mol. The standard InChI is InChI=1S/C25H32F6N2O6/c1-6-17-10-18(11-19(12-20(34)35)33(17)22(37)39-23(2,3)4)32(21(36)38-5)13-14-7-15(24(26,27)28)9-16(8-14)25(29,30)31/h7-9,17-19H,6,10-13H2,1-5H3,(H,34,35). The van der Waals surface area contributed by atoms with E-state index >= 15 is 0 Å². The summed E-state index contributed by atoms with van der Waals surface area (Å²) in [4.78, 5) is 39.6. The fourth-order valence-corrected chi connectivity index (χ4v) is 4.63. The maximum Gasteiger partial charge on any atom is 0.416 e. The number of alkyl halides is 6. The van der Waals surface area contributed by atoms with Gasteiger partial charge in [-0.2, -0.15) is 26.3 Å². The molecule has 0 spiro atoms. The molecule has 220 valence electrons. The highest BCUT2D eigenvalue weighted by atomic mass is 19.4. The van der Waals surface area contributed by atoms with Crippen molar-refractivity contribution < 1.29 is 55.3 Å². The highest BCUT2D eigenvalue weighted by Crippen LogP contribution is 2.38. The number of carbonyl (C=O) groups excluding carboxylic acids is 2. The van der Waals surface area contributed by atoms with Gasteiger partial charge in [0, 0.05) is 24.7 Å². The van der Waals surface area contributed by atoms with Gasteiger partial charge in [-0.1, -0.05) is 6.92 Å². The number of likely N-dealkylation sites (tertiary alicyclic amines) is 1. The summed E-state index contributed by atoms with van der Waals surface area (Å²) in [7, 11) is 1.00. The van der Waals surface area contributed by atoms with Gasteiger partial charge < -0.3 is 24.4 Å². The van der Waals surface area contributed by atoms with Crippen LogP contribution in [-0.4, -0.2) is 63.9 Å². The van der Waals surface area contributed by atoms with Crippen LogP contribution in [0, 0.1) is 0 Å². The molecule has 1 heterocycles. The number of benzene rings is 1. The average Bonchev–Trinajstić information content (AvgIpc) is 2.78. The Hall–Kier alpha value is -3.19. The lowest BCUT2D eigenvalue weighted by molar-refractivity contribution is -0.143.